The molecule has 0 aliphatic carbocycles. The van der Waals surface area contributed by atoms with Gasteiger partial charge in [-0.05, 0) is 36.4 Å². The molecule has 7 heteroatoms. The molecule has 0 saturated carbocycles. The summed E-state index contributed by atoms with van der Waals surface area (Å²) in [6, 6.07) is 11.1. The first-order valence-corrected chi connectivity index (χ1v) is 9.87. The van der Waals surface area contributed by atoms with Gasteiger partial charge in [0.25, 0.3) is 0 Å². The van der Waals surface area contributed by atoms with Crippen LogP contribution < -0.4 is 14.2 Å². The number of Topliss-reactive ketones (excluding diaryl/α,β-unsaturated/α-hetero) is 1. The first kappa shape index (κ1) is 20.0. The van der Waals surface area contributed by atoms with Gasteiger partial charge >= 0.3 is 0 Å². The van der Waals surface area contributed by atoms with Gasteiger partial charge in [-0.3, -0.25) is 9.78 Å². The molecule has 2 aromatic carbocycles. The third-order valence-electron chi connectivity index (χ3n) is 5.02. The fourth-order valence-corrected chi connectivity index (χ4v) is 4.01. The van der Waals surface area contributed by atoms with Gasteiger partial charge in [-0.15, -0.1) is 0 Å². The number of hydrogen-bond acceptors (Lipinski definition) is 5. The van der Waals surface area contributed by atoms with Crippen molar-refractivity contribution < 1.29 is 19.0 Å². The van der Waals surface area contributed by atoms with E-state index in [2.05, 4.69) is 32.5 Å². The van der Waals surface area contributed by atoms with Crippen LogP contribution in [0.15, 0.2) is 53.6 Å². The summed E-state index contributed by atoms with van der Waals surface area (Å²) in [5.41, 5.74) is 2.75. The highest BCUT2D eigenvalue weighted by atomic mass is 79.9. The van der Waals surface area contributed by atoms with Crippen LogP contribution in [-0.4, -0.2) is 37.1 Å². The normalized spacial score (nSPS) is 10.9. The first-order chi connectivity index (χ1) is 14.5. The molecular weight excluding hydrogens is 448 g/mol. The van der Waals surface area contributed by atoms with Gasteiger partial charge in [0.2, 0.25) is 5.78 Å². The minimum atomic E-state index is -0.285. The average molecular weight is 467 g/mol. The number of carbonyl (C=O) groups is 1. The van der Waals surface area contributed by atoms with E-state index < -0.39 is 0 Å². The van der Waals surface area contributed by atoms with E-state index in [0.29, 0.717) is 38.3 Å². The van der Waals surface area contributed by atoms with Crippen molar-refractivity contribution in [2.45, 2.75) is 0 Å². The Morgan fingerprint density at radius 2 is 1.73 bits per heavy atom. The molecule has 0 aliphatic rings. The molecule has 0 fully saturated rings. The average Bonchev–Trinajstić information content (AvgIpc) is 3.15. The monoisotopic (exact) mass is 466 g/mol. The standard InChI is InChI=1S/C23H19BrN2O4/c1-12(15-10-19(29-3)20(30-4)11-17(15)24)23(27)22-21-14(7-8-25-22)16-9-13(28-2)5-6-18(16)26-21/h5-11,26H,1H2,2-4H3. The number of allylic oxidation sites excluding steroid dienone is 1. The van der Waals surface area contributed by atoms with Gasteiger partial charge in [0.1, 0.15) is 11.4 Å². The number of ether oxygens (including phenoxy) is 3. The zero-order chi connectivity index (χ0) is 21.4. The van der Waals surface area contributed by atoms with Crippen molar-refractivity contribution in [3.63, 3.8) is 0 Å². The van der Waals surface area contributed by atoms with Crippen molar-refractivity contribution in [1.29, 1.82) is 0 Å². The van der Waals surface area contributed by atoms with Crippen molar-refractivity contribution >= 4 is 49.1 Å². The summed E-state index contributed by atoms with van der Waals surface area (Å²) in [5.74, 6) is 1.52. The number of aromatic amines is 1. The smallest absolute Gasteiger partial charge is 0.213 e. The lowest BCUT2D eigenvalue weighted by Gasteiger charge is -2.13. The molecule has 4 aromatic rings. The Bertz CT molecular complexity index is 1310. The second-order valence-electron chi connectivity index (χ2n) is 6.61. The van der Waals surface area contributed by atoms with Gasteiger partial charge in [-0.2, -0.15) is 0 Å². The number of pyridine rings is 1. The minimum Gasteiger partial charge on any atom is -0.497 e. The van der Waals surface area contributed by atoms with Crippen molar-refractivity contribution in [3.05, 3.63) is 64.9 Å². The van der Waals surface area contributed by atoms with E-state index in [4.69, 9.17) is 14.2 Å². The molecule has 0 bridgehead atoms. The molecule has 0 saturated heterocycles. The highest BCUT2D eigenvalue weighted by molar-refractivity contribution is 9.10. The molecule has 0 amide bonds. The summed E-state index contributed by atoms with van der Waals surface area (Å²) in [4.78, 5) is 21.0. The number of nitrogens with zero attached hydrogens (tertiary/aromatic N) is 1. The fourth-order valence-electron chi connectivity index (χ4n) is 3.45. The Balaban J connectivity index is 1.83. The van der Waals surface area contributed by atoms with Gasteiger partial charge < -0.3 is 19.2 Å². The van der Waals surface area contributed by atoms with Crippen LogP contribution in [0.1, 0.15) is 16.1 Å². The summed E-state index contributed by atoms with van der Waals surface area (Å²) in [6.07, 6.45) is 1.62. The zero-order valence-electron chi connectivity index (χ0n) is 16.7. The highest BCUT2D eigenvalue weighted by Crippen LogP contribution is 2.37. The number of carbonyl (C=O) groups excluding carboxylic acids is 1. The SMILES string of the molecule is C=C(C(=O)c1nccc2c1[nH]c1ccc(OC)cc12)c1cc(OC)c(OC)cc1Br. The minimum absolute atomic E-state index is 0.285. The first-order valence-electron chi connectivity index (χ1n) is 9.08. The number of benzene rings is 2. The summed E-state index contributed by atoms with van der Waals surface area (Å²) < 4.78 is 16.7. The predicted octanol–water partition coefficient (Wildman–Crippen LogP) is 5.40. The largest absolute Gasteiger partial charge is 0.497 e. The van der Waals surface area contributed by atoms with Gasteiger partial charge in [0, 0.05) is 38.1 Å². The quantitative estimate of drug-likeness (QED) is 0.304. The van der Waals surface area contributed by atoms with Gasteiger partial charge in [-0.1, -0.05) is 22.5 Å². The molecule has 4 rings (SSSR count). The lowest BCUT2D eigenvalue weighted by Crippen LogP contribution is -2.06. The molecule has 6 nitrogen and oxygen atoms in total. The van der Waals surface area contributed by atoms with Crippen molar-refractivity contribution in [2.75, 3.05) is 21.3 Å². The van der Waals surface area contributed by atoms with E-state index in [-0.39, 0.29) is 5.78 Å². The van der Waals surface area contributed by atoms with Crippen molar-refractivity contribution in [3.8, 4) is 17.2 Å². The van der Waals surface area contributed by atoms with Crippen LogP contribution in [0.2, 0.25) is 0 Å². The molecule has 152 valence electrons. The van der Waals surface area contributed by atoms with Crippen LogP contribution in [0, 0.1) is 0 Å². The Labute approximate surface area is 181 Å². The molecule has 2 heterocycles. The van der Waals surface area contributed by atoms with Gasteiger partial charge in [-0.25, -0.2) is 0 Å². The Morgan fingerprint density at radius 1 is 1.00 bits per heavy atom. The lowest BCUT2D eigenvalue weighted by molar-refractivity contribution is 0.105. The fraction of sp³-hybridized carbons (Fsp3) is 0.130. The lowest BCUT2D eigenvalue weighted by atomic mass is 9.99. The van der Waals surface area contributed by atoms with Crippen LogP contribution in [0.5, 0.6) is 17.2 Å². The number of ketones is 1. The maximum Gasteiger partial charge on any atom is 0.213 e. The summed E-state index contributed by atoms with van der Waals surface area (Å²) in [5, 5.41) is 1.85. The number of aromatic nitrogens is 2. The summed E-state index contributed by atoms with van der Waals surface area (Å²) in [6.45, 7) is 4.03. The molecule has 30 heavy (non-hydrogen) atoms. The van der Waals surface area contributed by atoms with Crippen LogP contribution in [0.4, 0.5) is 0 Å². The van der Waals surface area contributed by atoms with Crippen LogP contribution >= 0.6 is 15.9 Å². The van der Waals surface area contributed by atoms with E-state index in [1.54, 1.807) is 39.7 Å². The third-order valence-corrected chi connectivity index (χ3v) is 5.67. The van der Waals surface area contributed by atoms with Crippen LogP contribution in [-0.2, 0) is 0 Å². The Morgan fingerprint density at radius 3 is 2.43 bits per heavy atom. The maximum atomic E-state index is 13.4. The molecular formula is C23H19BrN2O4. The van der Waals surface area contributed by atoms with Gasteiger partial charge in [0.15, 0.2) is 11.5 Å². The Kier molecular flexibility index (Phi) is 5.22. The maximum absolute atomic E-state index is 13.4. The molecule has 0 atom stereocenters. The van der Waals surface area contributed by atoms with E-state index >= 15 is 0 Å². The molecule has 0 spiro atoms. The number of nitrogens with one attached hydrogen (secondary N) is 1. The topological polar surface area (TPSA) is 73.4 Å². The van der Waals surface area contributed by atoms with E-state index in [1.165, 1.54) is 0 Å². The van der Waals surface area contributed by atoms with E-state index in [0.717, 1.165) is 22.0 Å². The van der Waals surface area contributed by atoms with Crippen molar-refractivity contribution in [2.24, 2.45) is 0 Å². The number of halogens is 1. The molecule has 0 radical (unpaired) electrons. The van der Waals surface area contributed by atoms with Crippen LogP contribution in [0.3, 0.4) is 0 Å². The van der Waals surface area contributed by atoms with Crippen molar-refractivity contribution in [1.82, 2.24) is 9.97 Å². The summed E-state index contributed by atoms with van der Waals surface area (Å²) >= 11 is 3.50. The number of methoxy groups -OCH3 is 3. The molecule has 0 aliphatic heterocycles. The number of rotatable bonds is 6. The molecule has 0 unspecified atom stereocenters. The number of hydrogen-bond donors (Lipinski definition) is 1. The highest BCUT2D eigenvalue weighted by Gasteiger charge is 2.22. The number of H-pyrrole nitrogens is 1. The van der Waals surface area contributed by atoms with Gasteiger partial charge in [0.05, 0.1) is 26.8 Å². The number of fused-ring (bicyclic) bond motifs is 3. The third kappa shape index (κ3) is 3.21. The Hall–Kier alpha value is -3.32. The van der Waals surface area contributed by atoms with E-state index in [1.807, 2.05) is 24.3 Å². The second-order valence-corrected chi connectivity index (χ2v) is 7.47. The van der Waals surface area contributed by atoms with Crippen LogP contribution in [0.25, 0.3) is 27.4 Å². The zero-order valence-corrected chi connectivity index (χ0v) is 18.3. The molecule has 2 aromatic heterocycles. The summed E-state index contributed by atoms with van der Waals surface area (Å²) in [7, 11) is 4.72. The molecule has 1 N–H and O–H groups in total. The second kappa shape index (κ2) is 7.84. The predicted molar refractivity (Wildman–Crippen MR) is 121 cm³/mol. The van der Waals surface area contributed by atoms with E-state index in [9.17, 15) is 4.79 Å².